The second-order valence-corrected chi connectivity index (χ2v) is 5.93. The molecule has 5 nitrogen and oxygen atoms in total. The standard InChI is InChI=1S/C20H19F2N3O2/c1-4-18-16(12-23-25(18)14-7-5-13(21)6-8-14)20(26)24(2)15-9-10-19(27-3)17(22)11-15/h5-12H,4H2,1-3H3. The summed E-state index contributed by atoms with van der Waals surface area (Å²) in [6.07, 6.45) is 2.02. The summed E-state index contributed by atoms with van der Waals surface area (Å²) in [5.41, 5.74) is 2.15. The average molecular weight is 371 g/mol. The molecule has 0 N–H and O–H groups in total. The molecular weight excluding hydrogens is 352 g/mol. The van der Waals surface area contributed by atoms with Crippen LogP contribution in [0.5, 0.6) is 5.75 Å². The van der Waals surface area contributed by atoms with Gasteiger partial charge >= 0.3 is 0 Å². The molecule has 0 spiro atoms. The molecule has 0 bridgehead atoms. The van der Waals surface area contributed by atoms with Crippen molar-refractivity contribution in [2.45, 2.75) is 13.3 Å². The number of carbonyl (C=O) groups excluding carboxylic acids is 1. The van der Waals surface area contributed by atoms with E-state index in [0.717, 1.165) is 0 Å². The first-order chi connectivity index (χ1) is 13.0. The number of hydrogen-bond donors (Lipinski definition) is 0. The number of aromatic nitrogens is 2. The van der Waals surface area contributed by atoms with E-state index in [1.807, 2.05) is 6.92 Å². The summed E-state index contributed by atoms with van der Waals surface area (Å²) < 4.78 is 33.6. The van der Waals surface area contributed by atoms with Gasteiger partial charge in [0, 0.05) is 18.8 Å². The number of methoxy groups -OCH3 is 1. The molecule has 140 valence electrons. The van der Waals surface area contributed by atoms with E-state index in [1.165, 1.54) is 42.5 Å². The molecule has 0 fully saturated rings. The van der Waals surface area contributed by atoms with Crippen LogP contribution in [0.25, 0.3) is 5.69 Å². The Morgan fingerprint density at radius 1 is 1.19 bits per heavy atom. The topological polar surface area (TPSA) is 47.4 Å². The number of hydrogen-bond acceptors (Lipinski definition) is 3. The Morgan fingerprint density at radius 2 is 1.89 bits per heavy atom. The van der Waals surface area contributed by atoms with Crippen LogP contribution in [0.4, 0.5) is 14.5 Å². The highest BCUT2D eigenvalue weighted by atomic mass is 19.1. The second-order valence-electron chi connectivity index (χ2n) is 5.93. The van der Waals surface area contributed by atoms with Crippen LogP contribution in [0, 0.1) is 11.6 Å². The quantitative estimate of drug-likeness (QED) is 0.681. The highest BCUT2D eigenvalue weighted by Crippen LogP contribution is 2.25. The third kappa shape index (κ3) is 3.53. The molecule has 1 amide bonds. The van der Waals surface area contributed by atoms with Gasteiger partial charge in [-0.05, 0) is 42.8 Å². The molecule has 0 saturated carbocycles. The minimum Gasteiger partial charge on any atom is -0.494 e. The van der Waals surface area contributed by atoms with Gasteiger partial charge in [-0.3, -0.25) is 4.79 Å². The van der Waals surface area contributed by atoms with E-state index < -0.39 is 5.82 Å². The van der Waals surface area contributed by atoms with Crippen LogP contribution in [-0.2, 0) is 6.42 Å². The molecule has 1 heterocycles. The molecule has 0 radical (unpaired) electrons. The Kier molecular flexibility index (Phi) is 5.21. The summed E-state index contributed by atoms with van der Waals surface area (Å²) in [4.78, 5) is 14.3. The fourth-order valence-corrected chi connectivity index (χ4v) is 2.86. The summed E-state index contributed by atoms with van der Waals surface area (Å²) in [5.74, 6) is -1.10. The van der Waals surface area contributed by atoms with Crippen molar-refractivity contribution >= 4 is 11.6 Å². The van der Waals surface area contributed by atoms with Gasteiger partial charge in [0.2, 0.25) is 0 Å². The molecule has 0 aliphatic carbocycles. The van der Waals surface area contributed by atoms with Crippen LogP contribution in [0.1, 0.15) is 23.0 Å². The SMILES string of the molecule is CCc1c(C(=O)N(C)c2ccc(OC)c(F)c2)cnn1-c1ccc(F)cc1. The molecule has 3 rings (SSSR count). The Bertz CT molecular complexity index is 968. The van der Waals surface area contributed by atoms with Crippen LogP contribution in [-0.4, -0.2) is 29.8 Å². The van der Waals surface area contributed by atoms with Gasteiger partial charge in [0.1, 0.15) is 5.82 Å². The zero-order chi connectivity index (χ0) is 19.6. The lowest BCUT2D eigenvalue weighted by molar-refractivity contribution is 0.0992. The fraction of sp³-hybridized carbons (Fsp3) is 0.200. The summed E-state index contributed by atoms with van der Waals surface area (Å²) >= 11 is 0. The van der Waals surface area contributed by atoms with Gasteiger partial charge in [-0.2, -0.15) is 5.10 Å². The van der Waals surface area contributed by atoms with Gasteiger partial charge in [0.05, 0.1) is 30.3 Å². The highest BCUT2D eigenvalue weighted by molar-refractivity contribution is 6.06. The summed E-state index contributed by atoms with van der Waals surface area (Å²) in [7, 11) is 2.95. The molecule has 0 aliphatic rings. The van der Waals surface area contributed by atoms with Gasteiger partial charge < -0.3 is 9.64 Å². The lowest BCUT2D eigenvalue weighted by atomic mass is 10.1. The van der Waals surface area contributed by atoms with Crippen molar-refractivity contribution in [1.82, 2.24) is 9.78 Å². The lowest BCUT2D eigenvalue weighted by Crippen LogP contribution is -2.27. The molecular formula is C20H19F2N3O2. The van der Waals surface area contributed by atoms with Crippen molar-refractivity contribution in [3.05, 3.63) is 71.6 Å². The number of anilines is 1. The maximum Gasteiger partial charge on any atom is 0.261 e. The van der Waals surface area contributed by atoms with Crippen LogP contribution in [0.15, 0.2) is 48.7 Å². The first kappa shape index (κ1) is 18.6. The average Bonchev–Trinajstić information content (AvgIpc) is 3.11. The Hall–Kier alpha value is -3.22. The van der Waals surface area contributed by atoms with Crippen molar-refractivity contribution in [2.24, 2.45) is 0 Å². The Morgan fingerprint density at radius 3 is 2.48 bits per heavy atom. The second kappa shape index (κ2) is 7.57. The molecule has 0 atom stereocenters. The number of nitrogens with zero attached hydrogens (tertiary/aromatic N) is 3. The Balaban J connectivity index is 1.95. The van der Waals surface area contributed by atoms with E-state index >= 15 is 0 Å². The molecule has 0 aliphatic heterocycles. The first-order valence-corrected chi connectivity index (χ1v) is 8.40. The van der Waals surface area contributed by atoms with E-state index in [9.17, 15) is 13.6 Å². The van der Waals surface area contributed by atoms with E-state index in [-0.39, 0.29) is 17.5 Å². The minimum absolute atomic E-state index is 0.109. The predicted octanol–water partition coefficient (Wildman–Crippen LogP) is 4.00. The zero-order valence-electron chi connectivity index (χ0n) is 15.2. The largest absolute Gasteiger partial charge is 0.494 e. The highest BCUT2D eigenvalue weighted by Gasteiger charge is 2.22. The van der Waals surface area contributed by atoms with Gasteiger partial charge in [-0.15, -0.1) is 0 Å². The fourth-order valence-electron chi connectivity index (χ4n) is 2.86. The molecule has 0 unspecified atom stereocenters. The Labute approximate surface area is 155 Å². The maximum absolute atomic E-state index is 14.0. The maximum atomic E-state index is 14.0. The number of amides is 1. The molecule has 0 saturated heterocycles. The molecule has 1 aromatic heterocycles. The number of rotatable bonds is 5. The third-order valence-corrected chi connectivity index (χ3v) is 4.33. The van der Waals surface area contributed by atoms with Crippen LogP contribution >= 0.6 is 0 Å². The van der Waals surface area contributed by atoms with Gasteiger partial charge in [0.15, 0.2) is 11.6 Å². The third-order valence-electron chi connectivity index (χ3n) is 4.33. The van der Waals surface area contributed by atoms with Crippen LogP contribution < -0.4 is 9.64 Å². The molecule has 2 aromatic carbocycles. The van der Waals surface area contributed by atoms with E-state index in [0.29, 0.717) is 29.1 Å². The monoisotopic (exact) mass is 371 g/mol. The van der Waals surface area contributed by atoms with Crippen molar-refractivity contribution in [3.8, 4) is 11.4 Å². The number of ether oxygens (including phenoxy) is 1. The van der Waals surface area contributed by atoms with E-state index in [2.05, 4.69) is 5.10 Å². The predicted molar refractivity (Wildman–Crippen MR) is 98.6 cm³/mol. The smallest absolute Gasteiger partial charge is 0.261 e. The van der Waals surface area contributed by atoms with Crippen LogP contribution in [0.3, 0.4) is 0 Å². The number of benzene rings is 2. The van der Waals surface area contributed by atoms with Crippen molar-refractivity contribution in [3.63, 3.8) is 0 Å². The minimum atomic E-state index is -0.549. The van der Waals surface area contributed by atoms with Gasteiger partial charge in [0.25, 0.3) is 5.91 Å². The van der Waals surface area contributed by atoms with Crippen molar-refractivity contribution in [1.29, 1.82) is 0 Å². The molecule has 3 aromatic rings. The molecule has 27 heavy (non-hydrogen) atoms. The van der Waals surface area contributed by atoms with Gasteiger partial charge in [-0.1, -0.05) is 6.92 Å². The lowest BCUT2D eigenvalue weighted by Gasteiger charge is -2.18. The van der Waals surface area contributed by atoms with Crippen molar-refractivity contribution < 1.29 is 18.3 Å². The summed E-state index contributed by atoms with van der Waals surface area (Å²) in [6.45, 7) is 1.90. The summed E-state index contributed by atoms with van der Waals surface area (Å²) in [5, 5.41) is 4.28. The normalized spacial score (nSPS) is 10.7. The summed E-state index contributed by atoms with van der Waals surface area (Å²) in [6, 6.07) is 10.2. The van der Waals surface area contributed by atoms with E-state index in [4.69, 9.17) is 4.74 Å². The number of halogens is 2. The number of carbonyl (C=O) groups is 1. The molecule has 7 heteroatoms. The zero-order valence-corrected chi connectivity index (χ0v) is 15.2. The van der Waals surface area contributed by atoms with Gasteiger partial charge in [-0.25, -0.2) is 13.5 Å². The van der Waals surface area contributed by atoms with Crippen LogP contribution in [0.2, 0.25) is 0 Å². The van der Waals surface area contributed by atoms with E-state index in [1.54, 1.807) is 29.9 Å². The first-order valence-electron chi connectivity index (χ1n) is 8.40. The van der Waals surface area contributed by atoms with Crippen molar-refractivity contribution in [2.75, 3.05) is 19.1 Å².